The Morgan fingerprint density at radius 3 is 2.94 bits per heavy atom. The smallest absolute Gasteiger partial charge is 0.251 e. The van der Waals surface area contributed by atoms with Crippen LogP contribution in [-0.2, 0) is 4.74 Å². The highest BCUT2D eigenvalue weighted by molar-refractivity contribution is 5.94. The molecule has 0 aliphatic rings. The van der Waals surface area contributed by atoms with Gasteiger partial charge in [0.1, 0.15) is 5.82 Å². The Morgan fingerprint density at radius 2 is 2.31 bits per heavy atom. The molecule has 5 nitrogen and oxygen atoms in total. The molecule has 1 heterocycles. The lowest BCUT2D eigenvalue weighted by Crippen LogP contribution is -2.27. The molecular weight excluding hydrogens is 206 g/mol. The molecule has 5 heteroatoms. The lowest BCUT2D eigenvalue weighted by Gasteiger charge is -2.06. The zero-order valence-corrected chi connectivity index (χ0v) is 9.62. The summed E-state index contributed by atoms with van der Waals surface area (Å²) in [6.45, 7) is 5.37. The second-order valence-electron chi connectivity index (χ2n) is 3.37. The van der Waals surface area contributed by atoms with Gasteiger partial charge in [0.05, 0.1) is 6.61 Å². The Morgan fingerprint density at radius 1 is 1.56 bits per heavy atom. The molecule has 1 amide bonds. The third-order valence-electron chi connectivity index (χ3n) is 1.97. The summed E-state index contributed by atoms with van der Waals surface area (Å²) in [5.74, 6) is 0.201. The first-order valence-corrected chi connectivity index (χ1v) is 5.23. The number of nitrogens with one attached hydrogen (secondary N) is 1. The Kier molecular flexibility index (Phi) is 4.72. The van der Waals surface area contributed by atoms with Gasteiger partial charge in [-0.15, -0.1) is 0 Å². The minimum absolute atomic E-state index is 0.156. The predicted molar refractivity (Wildman–Crippen MR) is 62.2 cm³/mol. The van der Waals surface area contributed by atoms with E-state index < -0.39 is 0 Å². The molecule has 16 heavy (non-hydrogen) atoms. The molecule has 0 unspecified atom stereocenters. The molecule has 3 N–H and O–H groups in total. The van der Waals surface area contributed by atoms with Gasteiger partial charge >= 0.3 is 0 Å². The number of ether oxygens (including phenoxy) is 1. The maximum atomic E-state index is 11.7. The first-order valence-electron chi connectivity index (χ1n) is 5.23. The molecule has 0 saturated heterocycles. The topological polar surface area (TPSA) is 77.2 Å². The lowest BCUT2D eigenvalue weighted by molar-refractivity contribution is 0.0922. The number of aryl methyl sites for hydroxylation is 1. The molecule has 0 aliphatic carbocycles. The van der Waals surface area contributed by atoms with Gasteiger partial charge in [-0.2, -0.15) is 0 Å². The number of amides is 1. The van der Waals surface area contributed by atoms with E-state index in [2.05, 4.69) is 10.3 Å². The number of hydrogen-bond acceptors (Lipinski definition) is 4. The molecular formula is C11H17N3O2. The molecule has 88 valence electrons. The third-order valence-corrected chi connectivity index (χ3v) is 1.97. The van der Waals surface area contributed by atoms with E-state index in [1.54, 1.807) is 19.1 Å². The van der Waals surface area contributed by atoms with Crippen LogP contribution in [0.5, 0.6) is 0 Å². The monoisotopic (exact) mass is 223 g/mol. The fraction of sp³-hybridized carbons (Fsp3) is 0.455. The Hall–Kier alpha value is -1.62. The first-order chi connectivity index (χ1) is 7.63. The van der Waals surface area contributed by atoms with Gasteiger partial charge in [0.25, 0.3) is 5.91 Å². The third kappa shape index (κ3) is 3.86. The lowest BCUT2D eigenvalue weighted by atomic mass is 10.2. The Balaban J connectivity index is 2.52. The van der Waals surface area contributed by atoms with Crippen molar-refractivity contribution in [2.75, 3.05) is 25.5 Å². The molecule has 0 radical (unpaired) electrons. The number of hydrogen-bond donors (Lipinski definition) is 2. The number of nitrogen functional groups attached to an aromatic ring is 1. The zero-order valence-electron chi connectivity index (χ0n) is 9.62. The van der Waals surface area contributed by atoms with E-state index in [1.165, 1.54) is 0 Å². The van der Waals surface area contributed by atoms with Gasteiger partial charge in [0, 0.05) is 24.4 Å². The summed E-state index contributed by atoms with van der Waals surface area (Å²) in [5, 5.41) is 2.74. The van der Waals surface area contributed by atoms with Gasteiger partial charge in [-0.3, -0.25) is 4.79 Å². The second kappa shape index (κ2) is 6.07. The van der Waals surface area contributed by atoms with Crippen LogP contribution in [0.15, 0.2) is 12.1 Å². The molecule has 1 aromatic rings. The SMILES string of the molecule is CCOCCNC(=O)c1cc(C)nc(N)c1. The van der Waals surface area contributed by atoms with Crippen LogP contribution in [0, 0.1) is 6.92 Å². The zero-order chi connectivity index (χ0) is 12.0. The van der Waals surface area contributed by atoms with Crippen LogP contribution < -0.4 is 11.1 Å². The van der Waals surface area contributed by atoms with Crippen LogP contribution in [-0.4, -0.2) is 30.6 Å². The first kappa shape index (κ1) is 12.4. The number of nitrogens with zero attached hydrogens (tertiary/aromatic N) is 1. The van der Waals surface area contributed by atoms with E-state index in [9.17, 15) is 4.79 Å². The van der Waals surface area contributed by atoms with E-state index in [0.717, 1.165) is 5.69 Å². The van der Waals surface area contributed by atoms with Crippen molar-refractivity contribution in [3.63, 3.8) is 0 Å². The summed E-state index contributed by atoms with van der Waals surface area (Å²) < 4.78 is 5.12. The van der Waals surface area contributed by atoms with Crippen molar-refractivity contribution in [2.24, 2.45) is 0 Å². The highest BCUT2D eigenvalue weighted by Gasteiger charge is 2.06. The summed E-state index contributed by atoms with van der Waals surface area (Å²) in [5.41, 5.74) is 6.82. The van der Waals surface area contributed by atoms with Gasteiger partial charge < -0.3 is 15.8 Å². The normalized spacial score (nSPS) is 10.1. The van der Waals surface area contributed by atoms with E-state index >= 15 is 0 Å². The van der Waals surface area contributed by atoms with E-state index in [-0.39, 0.29) is 5.91 Å². The summed E-state index contributed by atoms with van der Waals surface area (Å²) in [7, 11) is 0. The number of anilines is 1. The van der Waals surface area contributed by atoms with Crippen molar-refractivity contribution in [2.45, 2.75) is 13.8 Å². The maximum absolute atomic E-state index is 11.7. The average Bonchev–Trinajstić information content (AvgIpc) is 2.22. The summed E-state index contributed by atoms with van der Waals surface area (Å²) >= 11 is 0. The highest BCUT2D eigenvalue weighted by Crippen LogP contribution is 2.06. The van der Waals surface area contributed by atoms with E-state index in [4.69, 9.17) is 10.5 Å². The van der Waals surface area contributed by atoms with Gasteiger partial charge in [-0.05, 0) is 26.0 Å². The van der Waals surface area contributed by atoms with Crippen molar-refractivity contribution in [3.05, 3.63) is 23.4 Å². The van der Waals surface area contributed by atoms with Crippen molar-refractivity contribution >= 4 is 11.7 Å². The number of carbonyl (C=O) groups is 1. The number of carbonyl (C=O) groups excluding carboxylic acids is 1. The van der Waals surface area contributed by atoms with Crippen LogP contribution in [0.4, 0.5) is 5.82 Å². The second-order valence-corrected chi connectivity index (χ2v) is 3.37. The molecule has 0 aliphatic heterocycles. The van der Waals surface area contributed by atoms with Gasteiger partial charge in [0.2, 0.25) is 0 Å². The van der Waals surface area contributed by atoms with Crippen molar-refractivity contribution in [3.8, 4) is 0 Å². The largest absolute Gasteiger partial charge is 0.384 e. The Bertz CT molecular complexity index is 346. The van der Waals surface area contributed by atoms with Crippen molar-refractivity contribution in [1.29, 1.82) is 0 Å². The molecule has 0 saturated carbocycles. The van der Waals surface area contributed by atoms with Gasteiger partial charge in [0.15, 0.2) is 0 Å². The van der Waals surface area contributed by atoms with E-state index in [1.807, 2.05) is 6.92 Å². The summed E-state index contributed by atoms with van der Waals surface area (Å²) in [6.07, 6.45) is 0. The van der Waals surface area contributed by atoms with Crippen molar-refractivity contribution < 1.29 is 9.53 Å². The van der Waals surface area contributed by atoms with Crippen LogP contribution in [0.3, 0.4) is 0 Å². The molecule has 0 fully saturated rings. The number of rotatable bonds is 5. The molecule has 0 atom stereocenters. The number of aromatic nitrogens is 1. The molecule has 1 aromatic heterocycles. The fourth-order valence-electron chi connectivity index (χ4n) is 1.31. The average molecular weight is 223 g/mol. The summed E-state index contributed by atoms with van der Waals surface area (Å²) in [4.78, 5) is 15.7. The molecule has 0 bridgehead atoms. The fourth-order valence-corrected chi connectivity index (χ4v) is 1.31. The van der Waals surface area contributed by atoms with Gasteiger partial charge in [-0.1, -0.05) is 0 Å². The van der Waals surface area contributed by atoms with Crippen LogP contribution in [0.25, 0.3) is 0 Å². The molecule has 0 spiro atoms. The molecule has 0 aromatic carbocycles. The van der Waals surface area contributed by atoms with Crippen molar-refractivity contribution in [1.82, 2.24) is 10.3 Å². The van der Waals surface area contributed by atoms with Gasteiger partial charge in [-0.25, -0.2) is 4.98 Å². The summed E-state index contributed by atoms with van der Waals surface area (Å²) in [6, 6.07) is 3.26. The van der Waals surface area contributed by atoms with Crippen LogP contribution in [0.1, 0.15) is 23.0 Å². The van der Waals surface area contributed by atoms with Crippen LogP contribution in [0.2, 0.25) is 0 Å². The number of nitrogens with two attached hydrogens (primary N) is 1. The Labute approximate surface area is 95.0 Å². The predicted octanol–water partition coefficient (Wildman–Crippen LogP) is 0.739. The minimum atomic E-state index is -0.156. The quantitative estimate of drug-likeness (QED) is 0.722. The minimum Gasteiger partial charge on any atom is -0.384 e. The van der Waals surface area contributed by atoms with E-state index in [0.29, 0.717) is 31.1 Å². The number of pyridine rings is 1. The standard InChI is InChI=1S/C11H17N3O2/c1-3-16-5-4-13-11(15)9-6-8(2)14-10(12)7-9/h6-7H,3-5H2,1-2H3,(H2,12,14)(H,13,15). The molecule has 1 rings (SSSR count). The van der Waals surface area contributed by atoms with Crippen LogP contribution >= 0.6 is 0 Å². The highest BCUT2D eigenvalue weighted by atomic mass is 16.5. The maximum Gasteiger partial charge on any atom is 0.251 e.